The van der Waals surface area contributed by atoms with Crippen LogP contribution in [0.5, 0.6) is 0 Å². The van der Waals surface area contributed by atoms with Gasteiger partial charge in [0.05, 0.1) is 17.1 Å². The molecule has 1 saturated heterocycles. The number of anilines is 2. The largest absolute Gasteiger partial charge is 0.396 e. The molecular formula is C12H20N4. The van der Waals surface area contributed by atoms with Crippen LogP contribution in [0.1, 0.15) is 37.6 Å². The molecule has 2 N–H and O–H groups in total. The number of aromatic nitrogens is 2. The van der Waals surface area contributed by atoms with Crippen LogP contribution >= 0.6 is 0 Å². The highest BCUT2D eigenvalue weighted by molar-refractivity contribution is 5.50. The molecule has 1 unspecified atom stereocenters. The molecule has 0 saturated carbocycles. The van der Waals surface area contributed by atoms with Crippen molar-refractivity contribution in [3.63, 3.8) is 0 Å². The highest BCUT2D eigenvalue weighted by Crippen LogP contribution is 2.23. The maximum atomic E-state index is 5.87. The molecule has 88 valence electrons. The molecular weight excluding hydrogens is 200 g/mol. The highest BCUT2D eigenvalue weighted by atomic mass is 15.3. The molecule has 0 bridgehead atoms. The van der Waals surface area contributed by atoms with Crippen molar-refractivity contribution in [3.8, 4) is 0 Å². The summed E-state index contributed by atoms with van der Waals surface area (Å²) in [5, 5.41) is 0. The maximum absolute atomic E-state index is 5.87. The fourth-order valence-corrected chi connectivity index (χ4v) is 2.23. The first kappa shape index (κ1) is 11.2. The van der Waals surface area contributed by atoms with Crippen LogP contribution in [-0.4, -0.2) is 22.6 Å². The van der Waals surface area contributed by atoms with Gasteiger partial charge in [-0.15, -0.1) is 0 Å². The SMILES string of the molecule is Cc1nc(N2CCCCC2C)nc(C)c1N. The number of nitrogens with zero attached hydrogens (tertiary/aromatic N) is 3. The summed E-state index contributed by atoms with van der Waals surface area (Å²) in [4.78, 5) is 11.3. The van der Waals surface area contributed by atoms with Crippen LogP contribution in [-0.2, 0) is 0 Å². The molecule has 0 aromatic carbocycles. The molecule has 0 amide bonds. The van der Waals surface area contributed by atoms with Gasteiger partial charge in [0.1, 0.15) is 0 Å². The van der Waals surface area contributed by atoms with Crippen LogP contribution in [0.25, 0.3) is 0 Å². The number of nitrogen functional groups attached to an aromatic ring is 1. The fourth-order valence-electron chi connectivity index (χ4n) is 2.23. The van der Waals surface area contributed by atoms with Crippen molar-refractivity contribution >= 4 is 11.6 Å². The molecule has 1 fully saturated rings. The van der Waals surface area contributed by atoms with Crippen LogP contribution in [0, 0.1) is 13.8 Å². The van der Waals surface area contributed by atoms with E-state index in [2.05, 4.69) is 21.8 Å². The van der Waals surface area contributed by atoms with E-state index >= 15 is 0 Å². The van der Waals surface area contributed by atoms with E-state index in [0.717, 1.165) is 23.9 Å². The summed E-state index contributed by atoms with van der Waals surface area (Å²) in [5.41, 5.74) is 8.37. The summed E-state index contributed by atoms with van der Waals surface area (Å²) in [7, 11) is 0. The third-order valence-electron chi connectivity index (χ3n) is 3.37. The molecule has 0 spiro atoms. The van der Waals surface area contributed by atoms with E-state index in [1.807, 2.05) is 13.8 Å². The van der Waals surface area contributed by atoms with Gasteiger partial charge in [-0.25, -0.2) is 9.97 Å². The zero-order chi connectivity index (χ0) is 11.7. The van der Waals surface area contributed by atoms with Gasteiger partial charge in [-0.05, 0) is 40.0 Å². The Kier molecular flexibility index (Phi) is 2.99. The Morgan fingerprint density at radius 2 is 1.81 bits per heavy atom. The van der Waals surface area contributed by atoms with Crippen molar-refractivity contribution in [3.05, 3.63) is 11.4 Å². The van der Waals surface area contributed by atoms with E-state index < -0.39 is 0 Å². The second-order valence-corrected chi connectivity index (χ2v) is 4.65. The molecule has 0 radical (unpaired) electrons. The van der Waals surface area contributed by atoms with Gasteiger partial charge in [0.2, 0.25) is 5.95 Å². The van der Waals surface area contributed by atoms with Gasteiger partial charge >= 0.3 is 0 Å². The summed E-state index contributed by atoms with van der Waals surface area (Å²) in [5.74, 6) is 0.844. The topological polar surface area (TPSA) is 55.0 Å². The average molecular weight is 220 g/mol. The molecule has 4 nitrogen and oxygen atoms in total. The smallest absolute Gasteiger partial charge is 0.226 e. The van der Waals surface area contributed by atoms with Crippen molar-refractivity contribution in [2.45, 2.75) is 46.1 Å². The molecule has 1 aliphatic rings. The second kappa shape index (κ2) is 4.28. The Balaban J connectivity index is 2.32. The predicted molar refractivity (Wildman–Crippen MR) is 66.6 cm³/mol. The average Bonchev–Trinajstić information content (AvgIpc) is 2.26. The van der Waals surface area contributed by atoms with E-state index in [4.69, 9.17) is 5.73 Å². The van der Waals surface area contributed by atoms with E-state index in [1.54, 1.807) is 0 Å². The van der Waals surface area contributed by atoms with E-state index in [9.17, 15) is 0 Å². The normalized spacial score (nSPS) is 21.2. The van der Waals surface area contributed by atoms with Gasteiger partial charge in [0.15, 0.2) is 0 Å². The van der Waals surface area contributed by atoms with Crippen molar-refractivity contribution < 1.29 is 0 Å². The van der Waals surface area contributed by atoms with E-state index in [1.165, 1.54) is 19.3 Å². The van der Waals surface area contributed by atoms with Crippen LogP contribution in [0.2, 0.25) is 0 Å². The van der Waals surface area contributed by atoms with Crippen molar-refractivity contribution in [2.24, 2.45) is 0 Å². The minimum absolute atomic E-state index is 0.538. The Morgan fingerprint density at radius 1 is 1.19 bits per heavy atom. The number of hydrogen-bond acceptors (Lipinski definition) is 4. The summed E-state index contributed by atoms with van der Waals surface area (Å²) in [6.07, 6.45) is 3.77. The molecule has 1 aromatic heterocycles. The third kappa shape index (κ3) is 1.96. The van der Waals surface area contributed by atoms with Gasteiger partial charge in [0.25, 0.3) is 0 Å². The summed E-state index contributed by atoms with van der Waals surface area (Å²) in [6, 6.07) is 0.538. The van der Waals surface area contributed by atoms with Crippen LogP contribution in [0.15, 0.2) is 0 Å². The first-order valence-corrected chi connectivity index (χ1v) is 5.97. The Morgan fingerprint density at radius 3 is 2.38 bits per heavy atom. The van der Waals surface area contributed by atoms with Gasteiger partial charge in [-0.2, -0.15) is 0 Å². The van der Waals surface area contributed by atoms with Crippen molar-refractivity contribution in [1.29, 1.82) is 0 Å². The fraction of sp³-hybridized carbons (Fsp3) is 0.667. The lowest BCUT2D eigenvalue weighted by molar-refractivity contribution is 0.476. The Labute approximate surface area is 96.9 Å². The molecule has 4 heteroatoms. The number of piperidine rings is 1. The number of hydrogen-bond donors (Lipinski definition) is 1. The molecule has 1 aliphatic heterocycles. The minimum atomic E-state index is 0.538. The number of nitrogens with two attached hydrogens (primary N) is 1. The lowest BCUT2D eigenvalue weighted by Crippen LogP contribution is -2.38. The summed E-state index contributed by atoms with van der Waals surface area (Å²) in [6.45, 7) is 7.19. The number of rotatable bonds is 1. The summed E-state index contributed by atoms with van der Waals surface area (Å²) < 4.78 is 0. The first-order chi connectivity index (χ1) is 7.59. The quantitative estimate of drug-likeness (QED) is 0.787. The number of aryl methyl sites for hydroxylation is 2. The molecule has 1 atom stereocenters. The maximum Gasteiger partial charge on any atom is 0.226 e. The van der Waals surface area contributed by atoms with Gasteiger partial charge in [-0.1, -0.05) is 0 Å². The first-order valence-electron chi connectivity index (χ1n) is 5.97. The van der Waals surface area contributed by atoms with E-state index in [-0.39, 0.29) is 0 Å². The molecule has 2 rings (SSSR count). The molecule has 1 aromatic rings. The Hall–Kier alpha value is -1.32. The van der Waals surface area contributed by atoms with E-state index in [0.29, 0.717) is 11.7 Å². The second-order valence-electron chi connectivity index (χ2n) is 4.65. The standard InChI is InChI=1S/C12H20N4/c1-8-6-4-5-7-16(8)12-14-9(2)11(13)10(3)15-12/h8H,4-7,13H2,1-3H3. The molecule has 2 heterocycles. The van der Waals surface area contributed by atoms with Crippen LogP contribution in [0.3, 0.4) is 0 Å². The molecule has 0 aliphatic carbocycles. The minimum Gasteiger partial charge on any atom is -0.396 e. The lowest BCUT2D eigenvalue weighted by Gasteiger charge is -2.33. The third-order valence-corrected chi connectivity index (χ3v) is 3.37. The van der Waals surface area contributed by atoms with Crippen molar-refractivity contribution in [1.82, 2.24) is 9.97 Å². The van der Waals surface area contributed by atoms with Crippen LogP contribution in [0.4, 0.5) is 11.6 Å². The molecule has 16 heavy (non-hydrogen) atoms. The predicted octanol–water partition coefficient (Wildman–Crippen LogP) is 2.05. The Bertz CT molecular complexity index is 366. The zero-order valence-electron chi connectivity index (χ0n) is 10.3. The van der Waals surface area contributed by atoms with Gasteiger partial charge in [-0.3, -0.25) is 0 Å². The monoisotopic (exact) mass is 220 g/mol. The lowest BCUT2D eigenvalue weighted by atomic mass is 10.0. The van der Waals surface area contributed by atoms with Gasteiger partial charge in [0, 0.05) is 12.6 Å². The highest BCUT2D eigenvalue weighted by Gasteiger charge is 2.21. The van der Waals surface area contributed by atoms with Gasteiger partial charge < -0.3 is 10.6 Å². The summed E-state index contributed by atoms with van der Waals surface area (Å²) >= 11 is 0. The van der Waals surface area contributed by atoms with Crippen molar-refractivity contribution in [2.75, 3.05) is 17.2 Å². The zero-order valence-corrected chi connectivity index (χ0v) is 10.3. The van der Waals surface area contributed by atoms with Crippen LogP contribution < -0.4 is 10.6 Å².